The highest BCUT2D eigenvalue weighted by molar-refractivity contribution is 7.42. The fourth-order valence-electron chi connectivity index (χ4n) is 1.08. The Morgan fingerprint density at radius 3 is 2.57 bits per heavy atom. The Morgan fingerprint density at radius 1 is 1.29 bits per heavy atom. The summed E-state index contributed by atoms with van der Waals surface area (Å²) < 4.78 is 16.5. The Hall–Kier alpha value is -0.630. The third-order valence-electron chi connectivity index (χ3n) is 1.76. The maximum absolute atomic E-state index is 5.57. The fourth-order valence-corrected chi connectivity index (χ4v) is 2.38. The van der Waals surface area contributed by atoms with Crippen LogP contribution in [0.25, 0.3) is 0 Å². The summed E-state index contributed by atoms with van der Waals surface area (Å²) in [6, 6.07) is 9.57. The second-order valence-corrected chi connectivity index (χ2v) is 4.82. The molecule has 0 amide bonds. The molecule has 14 heavy (non-hydrogen) atoms. The first-order valence-electron chi connectivity index (χ1n) is 4.51. The average Bonchev–Trinajstić information content (AvgIpc) is 2.47. The molecule has 0 N–H and O–H groups in total. The van der Waals surface area contributed by atoms with E-state index >= 15 is 0 Å². The van der Waals surface area contributed by atoms with Crippen molar-refractivity contribution in [2.75, 3.05) is 6.61 Å². The van der Waals surface area contributed by atoms with E-state index in [-0.39, 0.29) is 5.60 Å². The molecule has 1 heterocycles. The lowest BCUT2D eigenvalue weighted by Gasteiger charge is -2.14. The van der Waals surface area contributed by atoms with Crippen LogP contribution in [0.4, 0.5) is 0 Å². The zero-order valence-corrected chi connectivity index (χ0v) is 9.16. The molecule has 0 radical (unpaired) electrons. The van der Waals surface area contributed by atoms with Gasteiger partial charge in [-0.3, -0.25) is 9.05 Å². The predicted octanol–water partition coefficient (Wildman–Crippen LogP) is 3.12. The standard InChI is InChI=1S/C10H13O3P/c1-10(2)8-11-14(13-10)12-9-6-4-3-5-7-9/h3-7H,8H2,1-2H3. The van der Waals surface area contributed by atoms with Crippen LogP contribution in [0.1, 0.15) is 13.8 Å². The van der Waals surface area contributed by atoms with E-state index in [1.807, 2.05) is 44.2 Å². The van der Waals surface area contributed by atoms with Crippen molar-refractivity contribution in [3.63, 3.8) is 0 Å². The van der Waals surface area contributed by atoms with Gasteiger partial charge >= 0.3 is 8.60 Å². The van der Waals surface area contributed by atoms with Gasteiger partial charge < -0.3 is 4.52 Å². The monoisotopic (exact) mass is 212 g/mol. The third kappa shape index (κ3) is 2.44. The van der Waals surface area contributed by atoms with Gasteiger partial charge in [0.1, 0.15) is 5.75 Å². The maximum atomic E-state index is 5.57. The molecule has 0 spiro atoms. The van der Waals surface area contributed by atoms with Crippen LogP contribution >= 0.6 is 8.60 Å². The van der Waals surface area contributed by atoms with Crippen molar-refractivity contribution in [2.24, 2.45) is 0 Å². The summed E-state index contributed by atoms with van der Waals surface area (Å²) in [5.74, 6) is 0.788. The molecule has 76 valence electrons. The van der Waals surface area contributed by atoms with Gasteiger partial charge in [0.2, 0.25) is 0 Å². The molecule has 4 heteroatoms. The Bertz CT molecular complexity index is 299. The smallest absolute Gasteiger partial charge is 0.397 e. The molecule has 0 bridgehead atoms. The van der Waals surface area contributed by atoms with E-state index in [0.29, 0.717) is 6.61 Å². The van der Waals surface area contributed by atoms with Crippen molar-refractivity contribution in [3.8, 4) is 5.75 Å². The minimum absolute atomic E-state index is 0.222. The lowest BCUT2D eigenvalue weighted by Crippen LogP contribution is -2.20. The molecule has 1 saturated heterocycles. The van der Waals surface area contributed by atoms with E-state index in [0.717, 1.165) is 5.75 Å². The number of hydrogen-bond donors (Lipinski definition) is 0. The molecule has 1 aromatic carbocycles. The minimum atomic E-state index is -1.21. The van der Waals surface area contributed by atoms with Crippen LogP contribution < -0.4 is 4.52 Å². The largest absolute Gasteiger partial charge is 0.427 e. The molecule has 0 aromatic heterocycles. The van der Waals surface area contributed by atoms with Gasteiger partial charge in [-0.05, 0) is 26.0 Å². The summed E-state index contributed by atoms with van der Waals surface area (Å²) >= 11 is 0. The maximum Gasteiger partial charge on any atom is 0.397 e. The van der Waals surface area contributed by atoms with E-state index in [2.05, 4.69) is 0 Å². The van der Waals surface area contributed by atoms with Crippen LogP contribution in [0, 0.1) is 0 Å². The van der Waals surface area contributed by atoms with Gasteiger partial charge in [0.15, 0.2) is 0 Å². The highest BCUT2D eigenvalue weighted by Gasteiger charge is 2.36. The number of hydrogen-bond acceptors (Lipinski definition) is 3. The molecule has 1 atom stereocenters. The summed E-state index contributed by atoms with van der Waals surface area (Å²) in [6.45, 7) is 4.57. The van der Waals surface area contributed by atoms with Crippen LogP contribution in [0.5, 0.6) is 5.75 Å². The van der Waals surface area contributed by atoms with Gasteiger partial charge in [-0.25, -0.2) is 0 Å². The molecule has 1 aliphatic heterocycles. The zero-order valence-electron chi connectivity index (χ0n) is 8.27. The van der Waals surface area contributed by atoms with Crippen molar-refractivity contribution in [3.05, 3.63) is 30.3 Å². The molecule has 0 aliphatic carbocycles. The van der Waals surface area contributed by atoms with Crippen molar-refractivity contribution in [2.45, 2.75) is 19.4 Å². The van der Waals surface area contributed by atoms with Crippen LogP contribution in [-0.2, 0) is 9.05 Å². The molecule has 1 unspecified atom stereocenters. The topological polar surface area (TPSA) is 27.7 Å². The summed E-state index contributed by atoms with van der Waals surface area (Å²) in [7, 11) is -1.21. The summed E-state index contributed by atoms with van der Waals surface area (Å²) in [6.07, 6.45) is 0. The lowest BCUT2D eigenvalue weighted by molar-refractivity contribution is 0.138. The molecule has 1 aliphatic rings. The molecule has 2 rings (SSSR count). The predicted molar refractivity (Wildman–Crippen MR) is 55.1 cm³/mol. The van der Waals surface area contributed by atoms with Gasteiger partial charge in [-0.15, -0.1) is 0 Å². The number of rotatable bonds is 2. The van der Waals surface area contributed by atoms with E-state index in [1.54, 1.807) is 0 Å². The number of benzene rings is 1. The summed E-state index contributed by atoms with van der Waals surface area (Å²) in [5.41, 5.74) is -0.222. The second-order valence-electron chi connectivity index (χ2n) is 3.75. The van der Waals surface area contributed by atoms with Gasteiger partial charge in [-0.1, -0.05) is 18.2 Å². The molecule has 1 aromatic rings. The highest BCUT2D eigenvalue weighted by Crippen LogP contribution is 2.50. The van der Waals surface area contributed by atoms with Gasteiger partial charge in [0.25, 0.3) is 0 Å². The lowest BCUT2D eigenvalue weighted by atomic mass is 10.2. The van der Waals surface area contributed by atoms with Crippen molar-refractivity contribution in [1.29, 1.82) is 0 Å². The molecule has 1 fully saturated rings. The molecule has 0 saturated carbocycles. The zero-order chi connectivity index (χ0) is 10.0. The Morgan fingerprint density at radius 2 is 2.00 bits per heavy atom. The van der Waals surface area contributed by atoms with E-state index in [1.165, 1.54) is 0 Å². The molecule has 3 nitrogen and oxygen atoms in total. The van der Waals surface area contributed by atoms with Crippen molar-refractivity contribution in [1.82, 2.24) is 0 Å². The number of para-hydroxylation sites is 1. The normalized spacial score (nSPS) is 24.9. The summed E-state index contributed by atoms with van der Waals surface area (Å²) in [5, 5.41) is 0. The van der Waals surface area contributed by atoms with Crippen LogP contribution in [-0.4, -0.2) is 12.2 Å². The van der Waals surface area contributed by atoms with E-state index in [9.17, 15) is 0 Å². The van der Waals surface area contributed by atoms with E-state index < -0.39 is 8.60 Å². The van der Waals surface area contributed by atoms with Crippen molar-refractivity contribution >= 4 is 8.60 Å². The Labute approximate surface area is 85.0 Å². The average molecular weight is 212 g/mol. The first-order chi connectivity index (χ1) is 6.66. The van der Waals surface area contributed by atoms with Crippen LogP contribution in [0.3, 0.4) is 0 Å². The van der Waals surface area contributed by atoms with E-state index in [4.69, 9.17) is 13.6 Å². The fraction of sp³-hybridized carbons (Fsp3) is 0.400. The second kappa shape index (κ2) is 3.85. The van der Waals surface area contributed by atoms with Crippen LogP contribution in [0.2, 0.25) is 0 Å². The minimum Gasteiger partial charge on any atom is -0.427 e. The first kappa shape index (κ1) is 9.91. The van der Waals surface area contributed by atoms with Gasteiger partial charge in [0.05, 0.1) is 12.2 Å². The first-order valence-corrected chi connectivity index (χ1v) is 5.60. The van der Waals surface area contributed by atoms with Gasteiger partial charge in [-0.2, -0.15) is 0 Å². The third-order valence-corrected chi connectivity index (χ3v) is 3.11. The quantitative estimate of drug-likeness (QED) is 0.705. The Kier molecular flexibility index (Phi) is 2.73. The Balaban J connectivity index is 1.94. The highest BCUT2D eigenvalue weighted by atomic mass is 31.2. The molecular formula is C10H13O3P. The summed E-state index contributed by atoms with van der Waals surface area (Å²) in [4.78, 5) is 0. The van der Waals surface area contributed by atoms with Gasteiger partial charge in [0, 0.05) is 0 Å². The molecular weight excluding hydrogens is 199 g/mol. The SMILES string of the molecule is CC1(C)COP(Oc2ccccc2)O1. The van der Waals surface area contributed by atoms with Crippen molar-refractivity contribution < 1.29 is 13.6 Å². The van der Waals surface area contributed by atoms with Crippen LogP contribution in [0.15, 0.2) is 30.3 Å².